The number of halogens is 3. The summed E-state index contributed by atoms with van der Waals surface area (Å²) in [4.78, 5) is 0. The van der Waals surface area contributed by atoms with Gasteiger partial charge in [0.25, 0.3) is 0 Å². The summed E-state index contributed by atoms with van der Waals surface area (Å²) in [5.41, 5.74) is 1.41. The van der Waals surface area contributed by atoms with Gasteiger partial charge in [-0.1, -0.05) is 19.1 Å². The first-order chi connectivity index (χ1) is 9.90. The Kier molecular flexibility index (Phi) is 4.73. The molecule has 114 valence electrons. The molecule has 21 heavy (non-hydrogen) atoms. The van der Waals surface area contributed by atoms with Crippen molar-refractivity contribution in [1.82, 2.24) is 9.88 Å². The lowest BCUT2D eigenvalue weighted by molar-refractivity contribution is -0.137. The maximum absolute atomic E-state index is 12.5. The number of nitrogens with one attached hydrogen (secondary N) is 1. The molecular formula is C16H19F3N2. The van der Waals surface area contributed by atoms with Gasteiger partial charge in [0, 0.05) is 25.0 Å². The standard InChI is InChI=1S/C16H19F3N2/c1-3-20-12(2)14-8-9-21(11-14)10-13-4-6-15(7-5-13)16(17,18)19/h4-9,11-12,20H,3,10H2,1-2H3. The average Bonchev–Trinajstić information content (AvgIpc) is 2.87. The van der Waals surface area contributed by atoms with Crippen molar-refractivity contribution in [2.24, 2.45) is 0 Å². The fourth-order valence-corrected chi connectivity index (χ4v) is 2.25. The first-order valence-corrected chi connectivity index (χ1v) is 6.95. The molecule has 2 aromatic rings. The number of alkyl halides is 3. The maximum Gasteiger partial charge on any atom is 0.416 e. The van der Waals surface area contributed by atoms with Crippen LogP contribution >= 0.6 is 0 Å². The van der Waals surface area contributed by atoms with Crippen LogP contribution in [0.25, 0.3) is 0 Å². The summed E-state index contributed by atoms with van der Waals surface area (Å²) in [6.07, 6.45) is -0.313. The van der Waals surface area contributed by atoms with Crippen LogP contribution in [0.15, 0.2) is 42.7 Å². The van der Waals surface area contributed by atoms with Crippen molar-refractivity contribution >= 4 is 0 Å². The van der Waals surface area contributed by atoms with Crippen LogP contribution in [0.2, 0.25) is 0 Å². The van der Waals surface area contributed by atoms with Crippen LogP contribution in [0, 0.1) is 0 Å². The molecule has 0 aliphatic heterocycles. The number of benzene rings is 1. The molecule has 2 rings (SSSR count). The molecule has 1 N–H and O–H groups in total. The smallest absolute Gasteiger partial charge is 0.350 e. The summed E-state index contributed by atoms with van der Waals surface area (Å²) < 4.78 is 39.5. The Labute approximate surface area is 122 Å². The van der Waals surface area contributed by atoms with E-state index in [1.807, 2.05) is 23.0 Å². The highest BCUT2D eigenvalue weighted by molar-refractivity contribution is 5.25. The number of hydrogen-bond acceptors (Lipinski definition) is 1. The third-order valence-electron chi connectivity index (χ3n) is 3.43. The Morgan fingerprint density at radius 2 is 1.81 bits per heavy atom. The van der Waals surface area contributed by atoms with Gasteiger partial charge in [0.1, 0.15) is 0 Å². The minimum atomic E-state index is -4.28. The van der Waals surface area contributed by atoms with Gasteiger partial charge in [-0.05, 0) is 42.8 Å². The molecule has 0 fully saturated rings. The van der Waals surface area contributed by atoms with E-state index in [0.717, 1.165) is 24.2 Å². The molecule has 1 aromatic heterocycles. The average molecular weight is 296 g/mol. The SMILES string of the molecule is CCNC(C)c1ccn(Cc2ccc(C(F)(F)F)cc2)c1. The molecule has 1 aromatic carbocycles. The van der Waals surface area contributed by atoms with Gasteiger partial charge in [-0.2, -0.15) is 13.2 Å². The van der Waals surface area contributed by atoms with E-state index < -0.39 is 11.7 Å². The predicted molar refractivity (Wildman–Crippen MR) is 77.1 cm³/mol. The van der Waals surface area contributed by atoms with E-state index in [0.29, 0.717) is 6.54 Å². The second-order valence-corrected chi connectivity index (χ2v) is 5.09. The number of hydrogen-bond donors (Lipinski definition) is 1. The van der Waals surface area contributed by atoms with Crippen LogP contribution in [0.4, 0.5) is 13.2 Å². The quantitative estimate of drug-likeness (QED) is 0.874. The summed E-state index contributed by atoms with van der Waals surface area (Å²) in [5, 5.41) is 3.32. The lowest BCUT2D eigenvalue weighted by Crippen LogP contribution is -2.17. The molecule has 2 nitrogen and oxygen atoms in total. The summed E-state index contributed by atoms with van der Waals surface area (Å²) in [6.45, 7) is 5.60. The zero-order chi connectivity index (χ0) is 15.5. The van der Waals surface area contributed by atoms with E-state index in [9.17, 15) is 13.2 Å². The van der Waals surface area contributed by atoms with Crippen LogP contribution in [0.1, 0.15) is 36.6 Å². The Morgan fingerprint density at radius 1 is 1.14 bits per heavy atom. The number of aromatic nitrogens is 1. The van der Waals surface area contributed by atoms with Gasteiger partial charge >= 0.3 is 6.18 Å². The van der Waals surface area contributed by atoms with Crippen molar-refractivity contribution in [2.45, 2.75) is 32.6 Å². The highest BCUT2D eigenvalue weighted by Gasteiger charge is 2.29. The molecule has 0 aliphatic rings. The first kappa shape index (κ1) is 15.6. The Hall–Kier alpha value is -1.75. The van der Waals surface area contributed by atoms with Crippen molar-refractivity contribution in [3.8, 4) is 0 Å². The highest BCUT2D eigenvalue weighted by Crippen LogP contribution is 2.29. The van der Waals surface area contributed by atoms with Crippen molar-refractivity contribution in [1.29, 1.82) is 0 Å². The Balaban J connectivity index is 2.05. The van der Waals surface area contributed by atoms with E-state index >= 15 is 0 Å². The van der Waals surface area contributed by atoms with Crippen LogP contribution < -0.4 is 5.32 Å². The molecule has 1 heterocycles. The van der Waals surface area contributed by atoms with Gasteiger partial charge < -0.3 is 9.88 Å². The van der Waals surface area contributed by atoms with Crippen molar-refractivity contribution in [3.05, 3.63) is 59.4 Å². The van der Waals surface area contributed by atoms with E-state index in [1.54, 1.807) is 0 Å². The van der Waals surface area contributed by atoms with Crippen molar-refractivity contribution < 1.29 is 13.2 Å². The molecule has 0 saturated carbocycles. The van der Waals surface area contributed by atoms with Gasteiger partial charge in [-0.25, -0.2) is 0 Å². The van der Waals surface area contributed by atoms with Crippen LogP contribution in [-0.2, 0) is 12.7 Å². The second kappa shape index (κ2) is 6.35. The summed E-state index contributed by atoms with van der Waals surface area (Å²) in [6, 6.07) is 7.59. The summed E-state index contributed by atoms with van der Waals surface area (Å²) >= 11 is 0. The monoisotopic (exact) mass is 296 g/mol. The molecule has 1 atom stereocenters. The third kappa shape index (κ3) is 4.11. The Morgan fingerprint density at radius 3 is 2.38 bits per heavy atom. The van der Waals surface area contributed by atoms with Crippen LogP contribution in [0.3, 0.4) is 0 Å². The molecule has 0 spiro atoms. The van der Waals surface area contributed by atoms with E-state index in [-0.39, 0.29) is 6.04 Å². The number of rotatable bonds is 5. The molecule has 5 heteroatoms. The van der Waals surface area contributed by atoms with Gasteiger partial charge in [0.15, 0.2) is 0 Å². The largest absolute Gasteiger partial charge is 0.416 e. The highest BCUT2D eigenvalue weighted by atomic mass is 19.4. The molecule has 1 unspecified atom stereocenters. The predicted octanol–water partition coefficient (Wildman–Crippen LogP) is 4.23. The van der Waals surface area contributed by atoms with Crippen molar-refractivity contribution in [3.63, 3.8) is 0 Å². The summed E-state index contributed by atoms with van der Waals surface area (Å²) in [7, 11) is 0. The zero-order valence-electron chi connectivity index (χ0n) is 12.1. The first-order valence-electron chi connectivity index (χ1n) is 6.95. The minimum Gasteiger partial charge on any atom is -0.350 e. The molecular weight excluding hydrogens is 277 g/mol. The van der Waals surface area contributed by atoms with Gasteiger partial charge in [-0.3, -0.25) is 0 Å². The van der Waals surface area contributed by atoms with Crippen LogP contribution in [0.5, 0.6) is 0 Å². The molecule has 0 bridgehead atoms. The lowest BCUT2D eigenvalue weighted by atomic mass is 10.1. The lowest BCUT2D eigenvalue weighted by Gasteiger charge is -2.10. The summed E-state index contributed by atoms with van der Waals surface area (Å²) in [5.74, 6) is 0. The fraction of sp³-hybridized carbons (Fsp3) is 0.375. The third-order valence-corrected chi connectivity index (χ3v) is 3.43. The van der Waals surface area contributed by atoms with Gasteiger partial charge in [-0.15, -0.1) is 0 Å². The molecule has 0 saturated heterocycles. The maximum atomic E-state index is 12.5. The normalized spacial score (nSPS) is 13.4. The van der Waals surface area contributed by atoms with Crippen LogP contribution in [-0.4, -0.2) is 11.1 Å². The van der Waals surface area contributed by atoms with Gasteiger partial charge in [0.05, 0.1) is 5.56 Å². The number of nitrogens with zero attached hydrogens (tertiary/aromatic N) is 1. The second-order valence-electron chi connectivity index (χ2n) is 5.09. The topological polar surface area (TPSA) is 17.0 Å². The molecule has 0 amide bonds. The fourth-order valence-electron chi connectivity index (χ4n) is 2.25. The minimum absolute atomic E-state index is 0.267. The molecule has 0 aliphatic carbocycles. The molecule has 0 radical (unpaired) electrons. The van der Waals surface area contributed by atoms with Gasteiger partial charge in [0.2, 0.25) is 0 Å². The Bertz CT molecular complexity index is 570. The van der Waals surface area contributed by atoms with E-state index in [2.05, 4.69) is 19.2 Å². The van der Waals surface area contributed by atoms with E-state index in [4.69, 9.17) is 0 Å². The van der Waals surface area contributed by atoms with Crippen molar-refractivity contribution in [2.75, 3.05) is 6.54 Å². The zero-order valence-corrected chi connectivity index (χ0v) is 12.1. The van der Waals surface area contributed by atoms with E-state index in [1.165, 1.54) is 17.7 Å².